The molecule has 26 heavy (non-hydrogen) atoms. The standard InChI is InChI=1S/C21H20N2O2S/c1-3-5-15-25-17-12-10-16(11-13-17)20(24)22-21-23(14-4-2)18-8-6-7-9-19(18)26-21/h2,6-13H,3,5,14-15H2,1H3. The smallest absolute Gasteiger partial charge is 0.279 e. The van der Waals surface area contributed by atoms with Crippen LogP contribution in [0.4, 0.5) is 0 Å². The van der Waals surface area contributed by atoms with E-state index in [0.717, 1.165) is 28.8 Å². The minimum absolute atomic E-state index is 0.289. The van der Waals surface area contributed by atoms with E-state index in [1.54, 1.807) is 24.3 Å². The Hall–Kier alpha value is -2.84. The van der Waals surface area contributed by atoms with E-state index in [9.17, 15) is 4.79 Å². The zero-order valence-corrected chi connectivity index (χ0v) is 15.5. The first-order chi connectivity index (χ1) is 12.7. The van der Waals surface area contributed by atoms with E-state index >= 15 is 0 Å². The Bertz CT molecular complexity index is 1010. The van der Waals surface area contributed by atoms with Crippen molar-refractivity contribution in [3.8, 4) is 18.1 Å². The third-order valence-electron chi connectivity index (χ3n) is 3.90. The number of carbonyl (C=O) groups excluding carboxylic acids is 1. The van der Waals surface area contributed by atoms with Crippen LogP contribution in [-0.4, -0.2) is 17.1 Å². The number of fused-ring (bicyclic) bond motifs is 1. The summed E-state index contributed by atoms with van der Waals surface area (Å²) in [5, 5.41) is 0. The number of thiazole rings is 1. The monoisotopic (exact) mass is 364 g/mol. The molecule has 0 fully saturated rings. The second kappa shape index (κ2) is 8.50. The molecule has 5 heteroatoms. The lowest BCUT2D eigenvalue weighted by atomic mass is 10.2. The molecule has 0 bridgehead atoms. The molecule has 0 aliphatic heterocycles. The molecule has 132 valence electrons. The van der Waals surface area contributed by atoms with Gasteiger partial charge in [0, 0.05) is 5.56 Å². The third kappa shape index (κ3) is 4.04. The van der Waals surface area contributed by atoms with Crippen LogP contribution in [0, 0.1) is 12.3 Å². The van der Waals surface area contributed by atoms with E-state index in [2.05, 4.69) is 17.8 Å². The summed E-state index contributed by atoms with van der Waals surface area (Å²) in [5.74, 6) is 3.10. The van der Waals surface area contributed by atoms with Crippen molar-refractivity contribution in [3.63, 3.8) is 0 Å². The lowest BCUT2D eigenvalue weighted by Crippen LogP contribution is -2.16. The van der Waals surface area contributed by atoms with Gasteiger partial charge in [-0.3, -0.25) is 4.79 Å². The number of aromatic nitrogens is 1. The van der Waals surface area contributed by atoms with Gasteiger partial charge in [-0.15, -0.1) is 6.42 Å². The van der Waals surface area contributed by atoms with E-state index in [4.69, 9.17) is 11.2 Å². The Labute approximate surface area is 156 Å². The van der Waals surface area contributed by atoms with Gasteiger partial charge in [-0.2, -0.15) is 4.99 Å². The van der Waals surface area contributed by atoms with Gasteiger partial charge in [-0.1, -0.05) is 42.7 Å². The van der Waals surface area contributed by atoms with Crippen molar-refractivity contribution in [1.29, 1.82) is 0 Å². The van der Waals surface area contributed by atoms with Crippen LogP contribution in [0.1, 0.15) is 30.1 Å². The molecule has 0 N–H and O–H groups in total. The van der Waals surface area contributed by atoms with Gasteiger partial charge in [0.15, 0.2) is 4.80 Å². The Kier molecular flexibility index (Phi) is 5.88. The summed E-state index contributed by atoms with van der Waals surface area (Å²) in [6, 6.07) is 15.0. The second-order valence-corrected chi connectivity index (χ2v) is 6.80. The molecule has 2 aromatic carbocycles. The SMILES string of the molecule is C#CCn1c(=NC(=O)c2ccc(OCCCC)cc2)sc2ccccc21. The maximum atomic E-state index is 12.6. The van der Waals surface area contributed by atoms with Crippen molar-refractivity contribution in [2.75, 3.05) is 6.61 Å². The van der Waals surface area contributed by atoms with Gasteiger partial charge in [0.1, 0.15) is 5.75 Å². The molecule has 1 heterocycles. The van der Waals surface area contributed by atoms with E-state index < -0.39 is 0 Å². The number of carbonyl (C=O) groups is 1. The fourth-order valence-electron chi connectivity index (χ4n) is 2.53. The summed E-state index contributed by atoms with van der Waals surface area (Å²) in [6.45, 7) is 3.18. The molecular weight excluding hydrogens is 344 g/mol. The number of para-hydroxylation sites is 1. The van der Waals surface area contributed by atoms with Crippen molar-refractivity contribution >= 4 is 27.5 Å². The Balaban J connectivity index is 1.88. The highest BCUT2D eigenvalue weighted by Crippen LogP contribution is 2.17. The average Bonchev–Trinajstić information content (AvgIpc) is 3.00. The molecule has 3 rings (SSSR count). The van der Waals surface area contributed by atoms with Crippen molar-refractivity contribution < 1.29 is 9.53 Å². The van der Waals surface area contributed by atoms with Gasteiger partial charge >= 0.3 is 0 Å². The van der Waals surface area contributed by atoms with Crippen LogP contribution < -0.4 is 9.54 Å². The number of ether oxygens (including phenoxy) is 1. The first kappa shape index (κ1) is 18.0. The van der Waals surface area contributed by atoms with E-state index in [1.165, 1.54) is 11.3 Å². The zero-order valence-electron chi connectivity index (χ0n) is 14.6. The molecule has 0 atom stereocenters. The first-order valence-electron chi connectivity index (χ1n) is 8.56. The fourth-order valence-corrected chi connectivity index (χ4v) is 3.56. The number of unbranched alkanes of at least 4 members (excludes halogenated alkanes) is 1. The van der Waals surface area contributed by atoms with Crippen molar-refractivity contribution in [1.82, 2.24) is 4.57 Å². The van der Waals surface area contributed by atoms with Crippen molar-refractivity contribution in [2.45, 2.75) is 26.3 Å². The number of amides is 1. The van der Waals surface area contributed by atoms with E-state index in [-0.39, 0.29) is 5.91 Å². The summed E-state index contributed by atoms with van der Waals surface area (Å²) in [4.78, 5) is 17.5. The average molecular weight is 364 g/mol. The van der Waals surface area contributed by atoms with E-state index in [0.29, 0.717) is 23.5 Å². The summed E-state index contributed by atoms with van der Waals surface area (Å²) >= 11 is 1.46. The highest BCUT2D eigenvalue weighted by atomic mass is 32.1. The predicted octanol–water partition coefficient (Wildman–Crippen LogP) is 4.26. The van der Waals surface area contributed by atoms with Crippen molar-refractivity contribution in [3.05, 3.63) is 58.9 Å². The minimum atomic E-state index is -0.289. The van der Waals surface area contributed by atoms with Crippen molar-refractivity contribution in [2.24, 2.45) is 4.99 Å². The molecule has 0 aliphatic rings. The number of hydrogen-bond donors (Lipinski definition) is 0. The van der Waals surface area contributed by atoms with E-state index in [1.807, 2.05) is 28.8 Å². The first-order valence-corrected chi connectivity index (χ1v) is 9.38. The highest BCUT2D eigenvalue weighted by molar-refractivity contribution is 7.16. The summed E-state index contributed by atoms with van der Waals surface area (Å²) in [6.07, 6.45) is 7.58. The van der Waals surface area contributed by atoms with Gasteiger partial charge in [0.05, 0.1) is 23.4 Å². The van der Waals surface area contributed by atoms with Crippen LogP contribution in [-0.2, 0) is 6.54 Å². The van der Waals surface area contributed by atoms with Gasteiger partial charge < -0.3 is 9.30 Å². The molecular formula is C21H20N2O2S. The number of terminal acetylenes is 1. The minimum Gasteiger partial charge on any atom is -0.494 e. The Morgan fingerprint density at radius 3 is 2.73 bits per heavy atom. The fraction of sp³-hybridized carbons (Fsp3) is 0.238. The topological polar surface area (TPSA) is 43.6 Å². The van der Waals surface area contributed by atoms with Crippen LogP contribution in [0.5, 0.6) is 5.75 Å². The van der Waals surface area contributed by atoms with Crippen LogP contribution in [0.3, 0.4) is 0 Å². The summed E-state index contributed by atoms with van der Waals surface area (Å²) in [7, 11) is 0. The molecule has 0 saturated carbocycles. The van der Waals surface area contributed by atoms with Crippen LogP contribution >= 0.6 is 11.3 Å². The maximum absolute atomic E-state index is 12.6. The Morgan fingerprint density at radius 1 is 1.23 bits per heavy atom. The van der Waals surface area contributed by atoms with Gasteiger partial charge in [0.25, 0.3) is 5.91 Å². The molecule has 0 unspecified atom stereocenters. The van der Waals surface area contributed by atoms with Crippen LogP contribution in [0.15, 0.2) is 53.5 Å². The number of hydrogen-bond acceptors (Lipinski definition) is 3. The summed E-state index contributed by atoms with van der Waals surface area (Å²) < 4.78 is 8.56. The Morgan fingerprint density at radius 2 is 2.00 bits per heavy atom. The number of nitrogens with zero attached hydrogens (tertiary/aromatic N) is 2. The number of benzene rings is 2. The number of rotatable bonds is 6. The van der Waals surface area contributed by atoms with Crippen LogP contribution in [0.2, 0.25) is 0 Å². The molecule has 1 amide bonds. The maximum Gasteiger partial charge on any atom is 0.279 e. The molecule has 0 aliphatic carbocycles. The lowest BCUT2D eigenvalue weighted by Gasteiger charge is -2.05. The second-order valence-electron chi connectivity index (χ2n) is 5.79. The van der Waals surface area contributed by atoms with Gasteiger partial charge in [-0.25, -0.2) is 0 Å². The molecule has 0 saturated heterocycles. The molecule has 4 nitrogen and oxygen atoms in total. The molecule has 3 aromatic rings. The summed E-state index contributed by atoms with van der Waals surface area (Å²) in [5.41, 5.74) is 1.51. The third-order valence-corrected chi connectivity index (χ3v) is 4.96. The van der Waals surface area contributed by atoms with Gasteiger partial charge in [0.2, 0.25) is 0 Å². The molecule has 0 radical (unpaired) electrons. The molecule has 1 aromatic heterocycles. The zero-order chi connectivity index (χ0) is 18.4. The molecule has 0 spiro atoms. The largest absolute Gasteiger partial charge is 0.494 e. The van der Waals surface area contributed by atoms with Gasteiger partial charge in [-0.05, 0) is 42.8 Å². The van der Waals surface area contributed by atoms with Crippen LogP contribution in [0.25, 0.3) is 10.2 Å². The highest BCUT2D eigenvalue weighted by Gasteiger charge is 2.08. The predicted molar refractivity (Wildman–Crippen MR) is 105 cm³/mol. The normalized spacial score (nSPS) is 11.5. The quantitative estimate of drug-likeness (QED) is 0.485. The lowest BCUT2D eigenvalue weighted by molar-refractivity contribution is 0.0998.